The molecule has 1 saturated heterocycles. The molecule has 0 spiro atoms. The zero-order valence-corrected chi connectivity index (χ0v) is 12.5. The molecule has 0 aromatic heterocycles. The molecule has 0 saturated carbocycles. The molecule has 1 fully saturated rings. The summed E-state index contributed by atoms with van der Waals surface area (Å²) in [6.45, 7) is 1.77. The van der Waals surface area contributed by atoms with Crippen molar-refractivity contribution >= 4 is 21.4 Å². The van der Waals surface area contributed by atoms with E-state index in [9.17, 15) is 13.2 Å². The van der Waals surface area contributed by atoms with E-state index < -0.39 is 15.7 Å². The van der Waals surface area contributed by atoms with E-state index in [4.69, 9.17) is 15.2 Å². The van der Waals surface area contributed by atoms with E-state index in [1.807, 2.05) is 0 Å². The second-order valence-electron chi connectivity index (χ2n) is 4.84. The average Bonchev–Trinajstić information content (AvgIpc) is 2.44. The van der Waals surface area contributed by atoms with E-state index in [2.05, 4.69) is 5.32 Å². The molecule has 1 heterocycles. The Hall–Kier alpha value is -1.64. The number of hydrogen-bond donors (Lipinski definition) is 2. The van der Waals surface area contributed by atoms with Gasteiger partial charge in [-0.15, -0.1) is 0 Å². The highest BCUT2D eigenvalue weighted by Gasteiger charge is 2.17. The Labute approximate surface area is 123 Å². The number of carbonyl (C=O) groups is 1. The van der Waals surface area contributed by atoms with Crippen molar-refractivity contribution in [3.63, 3.8) is 0 Å². The molecule has 21 heavy (non-hydrogen) atoms. The summed E-state index contributed by atoms with van der Waals surface area (Å²) >= 11 is 0. The van der Waals surface area contributed by atoms with Crippen LogP contribution in [0.25, 0.3) is 0 Å². The van der Waals surface area contributed by atoms with Gasteiger partial charge in [-0.25, -0.2) is 8.42 Å². The second kappa shape index (κ2) is 6.42. The van der Waals surface area contributed by atoms with E-state index in [1.54, 1.807) is 0 Å². The lowest BCUT2D eigenvalue weighted by Crippen LogP contribution is -2.39. The third-order valence-electron chi connectivity index (χ3n) is 2.99. The van der Waals surface area contributed by atoms with Gasteiger partial charge in [-0.1, -0.05) is 0 Å². The van der Waals surface area contributed by atoms with Crippen molar-refractivity contribution < 1.29 is 22.7 Å². The average molecular weight is 314 g/mol. The standard InChI is InChI=1S/C13H18N2O5S/c1-21(17,18)12-5-9(4-10(14)6-12)13(16)15-7-11-8-19-2-3-20-11/h4-6,11H,2-3,7-8,14H2,1H3,(H,15,16). The molecule has 1 aromatic carbocycles. The van der Waals surface area contributed by atoms with Gasteiger partial charge in [-0.2, -0.15) is 0 Å². The number of amides is 1. The van der Waals surface area contributed by atoms with Crippen molar-refractivity contribution in [2.24, 2.45) is 0 Å². The highest BCUT2D eigenvalue weighted by molar-refractivity contribution is 7.90. The van der Waals surface area contributed by atoms with Crippen molar-refractivity contribution in [3.8, 4) is 0 Å². The largest absolute Gasteiger partial charge is 0.399 e. The Balaban J connectivity index is 2.06. The lowest BCUT2D eigenvalue weighted by Gasteiger charge is -2.23. The molecule has 8 heteroatoms. The van der Waals surface area contributed by atoms with E-state index in [-0.39, 0.29) is 22.3 Å². The molecule has 1 aliphatic rings. The number of ether oxygens (including phenoxy) is 2. The molecule has 0 aliphatic carbocycles. The van der Waals surface area contributed by atoms with Crippen LogP contribution in [0, 0.1) is 0 Å². The van der Waals surface area contributed by atoms with Crippen molar-refractivity contribution in [3.05, 3.63) is 23.8 Å². The van der Waals surface area contributed by atoms with Crippen LogP contribution in [0.4, 0.5) is 5.69 Å². The van der Waals surface area contributed by atoms with Crippen LogP contribution in [-0.4, -0.2) is 53.1 Å². The van der Waals surface area contributed by atoms with Gasteiger partial charge < -0.3 is 20.5 Å². The number of sulfone groups is 1. The monoisotopic (exact) mass is 314 g/mol. The third-order valence-corrected chi connectivity index (χ3v) is 4.09. The van der Waals surface area contributed by atoms with Gasteiger partial charge in [-0.3, -0.25) is 4.79 Å². The maximum absolute atomic E-state index is 12.1. The predicted octanol–water partition coefficient (Wildman–Crippen LogP) is -0.182. The number of nitrogens with two attached hydrogens (primary N) is 1. The van der Waals surface area contributed by atoms with Crippen molar-refractivity contribution in [2.75, 3.05) is 38.4 Å². The molecule has 0 bridgehead atoms. The molecule has 1 aliphatic heterocycles. The van der Waals surface area contributed by atoms with Crippen molar-refractivity contribution in [1.82, 2.24) is 5.32 Å². The maximum atomic E-state index is 12.1. The first kappa shape index (κ1) is 15.7. The van der Waals surface area contributed by atoms with Gasteiger partial charge in [-0.05, 0) is 18.2 Å². The first-order chi connectivity index (χ1) is 9.86. The summed E-state index contributed by atoms with van der Waals surface area (Å²) in [5.41, 5.74) is 6.07. The summed E-state index contributed by atoms with van der Waals surface area (Å²) in [6, 6.07) is 4.06. The summed E-state index contributed by atoms with van der Waals surface area (Å²) in [5.74, 6) is -0.402. The lowest BCUT2D eigenvalue weighted by atomic mass is 10.2. The van der Waals surface area contributed by atoms with Crippen molar-refractivity contribution in [2.45, 2.75) is 11.0 Å². The van der Waals surface area contributed by atoms with Crippen LogP contribution < -0.4 is 11.1 Å². The third kappa shape index (κ3) is 4.42. The van der Waals surface area contributed by atoms with Crippen LogP contribution in [-0.2, 0) is 19.3 Å². The number of hydrogen-bond acceptors (Lipinski definition) is 6. The minimum atomic E-state index is -3.42. The molecule has 1 amide bonds. The molecular formula is C13H18N2O5S. The highest BCUT2D eigenvalue weighted by Crippen LogP contribution is 2.16. The molecule has 0 radical (unpaired) electrons. The van der Waals surface area contributed by atoms with E-state index in [0.29, 0.717) is 26.4 Å². The lowest BCUT2D eigenvalue weighted by molar-refractivity contribution is -0.0855. The van der Waals surface area contributed by atoms with Crippen LogP contribution in [0.3, 0.4) is 0 Å². The zero-order valence-electron chi connectivity index (χ0n) is 11.7. The number of carbonyl (C=O) groups excluding carboxylic acids is 1. The molecule has 1 unspecified atom stereocenters. The number of benzene rings is 1. The van der Waals surface area contributed by atoms with E-state index in [0.717, 1.165) is 6.26 Å². The van der Waals surface area contributed by atoms with E-state index >= 15 is 0 Å². The second-order valence-corrected chi connectivity index (χ2v) is 6.86. The zero-order chi connectivity index (χ0) is 15.5. The van der Waals surface area contributed by atoms with Gasteiger partial charge in [0.1, 0.15) is 0 Å². The Morgan fingerprint density at radius 1 is 1.38 bits per heavy atom. The van der Waals surface area contributed by atoms with Gasteiger partial charge in [0, 0.05) is 24.1 Å². The maximum Gasteiger partial charge on any atom is 0.251 e. The van der Waals surface area contributed by atoms with Gasteiger partial charge in [0.05, 0.1) is 30.8 Å². The van der Waals surface area contributed by atoms with Crippen molar-refractivity contribution in [1.29, 1.82) is 0 Å². The Morgan fingerprint density at radius 2 is 2.14 bits per heavy atom. The topological polar surface area (TPSA) is 108 Å². The molecule has 3 N–H and O–H groups in total. The van der Waals surface area contributed by atoms with Crippen LogP contribution in [0.2, 0.25) is 0 Å². The Morgan fingerprint density at radius 3 is 2.76 bits per heavy atom. The normalized spacial score (nSPS) is 19.2. The Kier molecular flexibility index (Phi) is 4.81. The summed E-state index contributed by atoms with van der Waals surface area (Å²) in [4.78, 5) is 12.1. The van der Waals surface area contributed by atoms with Gasteiger partial charge in [0.15, 0.2) is 9.84 Å². The fourth-order valence-corrected chi connectivity index (χ4v) is 2.62. The Bertz CT molecular complexity index is 623. The number of anilines is 1. The van der Waals surface area contributed by atoms with E-state index in [1.165, 1.54) is 18.2 Å². The predicted molar refractivity (Wildman–Crippen MR) is 76.9 cm³/mol. The fraction of sp³-hybridized carbons (Fsp3) is 0.462. The molecular weight excluding hydrogens is 296 g/mol. The molecule has 2 rings (SSSR count). The molecule has 7 nitrogen and oxygen atoms in total. The molecule has 1 atom stereocenters. The SMILES string of the molecule is CS(=O)(=O)c1cc(N)cc(C(=O)NCC2COCCO2)c1. The summed E-state index contributed by atoms with van der Waals surface area (Å²) in [5, 5.41) is 2.68. The van der Waals surface area contributed by atoms with Gasteiger partial charge in [0.25, 0.3) is 5.91 Å². The van der Waals surface area contributed by atoms with Crippen LogP contribution in [0.15, 0.2) is 23.1 Å². The number of nitrogen functional groups attached to an aromatic ring is 1. The van der Waals surface area contributed by atoms with Gasteiger partial charge in [0.2, 0.25) is 0 Å². The van der Waals surface area contributed by atoms with Crippen LogP contribution in [0.1, 0.15) is 10.4 Å². The fourth-order valence-electron chi connectivity index (χ4n) is 1.93. The number of rotatable bonds is 4. The molecule has 116 valence electrons. The first-order valence-corrected chi connectivity index (χ1v) is 8.33. The first-order valence-electron chi connectivity index (χ1n) is 6.44. The number of nitrogens with one attached hydrogen (secondary N) is 1. The minimum Gasteiger partial charge on any atom is -0.399 e. The smallest absolute Gasteiger partial charge is 0.251 e. The quantitative estimate of drug-likeness (QED) is 0.746. The summed E-state index contributed by atoms with van der Waals surface area (Å²) < 4.78 is 33.7. The summed E-state index contributed by atoms with van der Waals surface area (Å²) in [7, 11) is -3.42. The van der Waals surface area contributed by atoms with Gasteiger partial charge >= 0.3 is 0 Å². The molecule has 1 aromatic rings. The summed E-state index contributed by atoms with van der Waals surface area (Å²) in [6.07, 6.45) is 0.870. The minimum absolute atomic E-state index is 0.0184. The van der Waals surface area contributed by atoms with Crippen LogP contribution >= 0.6 is 0 Å². The highest BCUT2D eigenvalue weighted by atomic mass is 32.2. The van der Waals surface area contributed by atoms with Crippen LogP contribution in [0.5, 0.6) is 0 Å².